The molecular formula is C34H44BClN2O9. The van der Waals surface area contributed by atoms with Gasteiger partial charge >= 0.3 is 13.1 Å². The minimum atomic E-state index is -1.52. The van der Waals surface area contributed by atoms with Gasteiger partial charge in [0.05, 0.1) is 44.0 Å². The maximum Gasteiger partial charge on any atom is 0.482 e. The summed E-state index contributed by atoms with van der Waals surface area (Å²) in [5.74, 6) is -0.449. The normalized spacial score (nSPS) is 25.5. The van der Waals surface area contributed by atoms with Crippen molar-refractivity contribution in [1.29, 1.82) is 0 Å². The van der Waals surface area contributed by atoms with Crippen LogP contribution in [0.15, 0.2) is 35.5 Å². The fourth-order valence-electron chi connectivity index (χ4n) is 7.63. The van der Waals surface area contributed by atoms with Gasteiger partial charge in [0.25, 0.3) is 5.91 Å². The van der Waals surface area contributed by atoms with E-state index in [0.29, 0.717) is 23.0 Å². The monoisotopic (exact) mass is 670 g/mol. The second-order valence-corrected chi connectivity index (χ2v) is 14.7. The third kappa shape index (κ3) is 6.32. The molecule has 1 amide bonds. The zero-order chi connectivity index (χ0) is 34.5. The van der Waals surface area contributed by atoms with Crippen molar-refractivity contribution in [2.45, 2.75) is 90.1 Å². The van der Waals surface area contributed by atoms with E-state index >= 15 is 0 Å². The van der Waals surface area contributed by atoms with E-state index in [9.17, 15) is 14.5 Å². The first-order valence-corrected chi connectivity index (χ1v) is 16.2. The van der Waals surface area contributed by atoms with E-state index < -0.39 is 42.2 Å². The molecule has 2 bridgehead atoms. The van der Waals surface area contributed by atoms with Crippen molar-refractivity contribution in [3.63, 3.8) is 0 Å². The molecular weight excluding hydrogens is 627 g/mol. The second-order valence-electron chi connectivity index (χ2n) is 14.4. The van der Waals surface area contributed by atoms with Crippen molar-refractivity contribution in [3.8, 4) is 17.2 Å². The van der Waals surface area contributed by atoms with Crippen molar-refractivity contribution >= 4 is 30.6 Å². The number of nitrogens with zero attached hydrogens (tertiary/aromatic N) is 1. The summed E-state index contributed by atoms with van der Waals surface area (Å²) >= 11 is 6.59. The molecule has 6 atom stereocenters. The number of carbonyl (C=O) groups is 2. The van der Waals surface area contributed by atoms with E-state index in [2.05, 4.69) is 31.3 Å². The summed E-state index contributed by atoms with van der Waals surface area (Å²) in [6.45, 7) is 12.0. The van der Waals surface area contributed by atoms with E-state index in [1.54, 1.807) is 45.0 Å². The number of carbonyl (C=O) groups excluding carboxylic acids is 2. The smallest absolute Gasteiger partial charge is 0.482 e. The number of benzene rings is 2. The average Bonchev–Trinajstić information content (AvgIpc) is 3.37. The molecule has 1 heterocycles. The Morgan fingerprint density at radius 2 is 1.77 bits per heavy atom. The SMILES string of the molecule is COc1ccc(C(N=O)C(=O)N[C@@H](Cc2cccc(C(=O)OC(C)(C)C)c2OC)B2O[C@@H]3C[C@@H]4C[C@@H](C4(C)C)[C@]3(C)O2)c(Cl)c1OC. The van der Waals surface area contributed by atoms with Crippen molar-refractivity contribution in [3.05, 3.63) is 57.0 Å². The molecule has 11 nitrogen and oxygen atoms in total. The van der Waals surface area contributed by atoms with Gasteiger partial charge in [-0.05, 0) is 81.9 Å². The molecule has 13 heteroatoms. The van der Waals surface area contributed by atoms with Gasteiger partial charge in [-0.25, -0.2) is 4.79 Å². The Balaban J connectivity index is 1.50. The second kappa shape index (κ2) is 12.9. The zero-order valence-corrected chi connectivity index (χ0v) is 29.2. The Labute approximate surface area is 281 Å². The molecule has 0 aromatic heterocycles. The van der Waals surface area contributed by atoms with Crippen molar-refractivity contribution in [2.75, 3.05) is 21.3 Å². The van der Waals surface area contributed by atoms with Crippen molar-refractivity contribution in [2.24, 2.45) is 22.4 Å². The van der Waals surface area contributed by atoms with Gasteiger partial charge in [0.1, 0.15) is 16.9 Å². The minimum Gasteiger partial charge on any atom is -0.496 e. The molecule has 0 spiro atoms. The van der Waals surface area contributed by atoms with Gasteiger partial charge in [-0.15, -0.1) is 4.91 Å². The highest BCUT2D eigenvalue weighted by atomic mass is 35.5. The Bertz CT molecular complexity index is 1550. The highest BCUT2D eigenvalue weighted by Crippen LogP contribution is 2.65. The third-order valence-corrected chi connectivity index (χ3v) is 10.5. The average molecular weight is 671 g/mol. The number of amides is 1. The first kappa shape index (κ1) is 35.0. The largest absolute Gasteiger partial charge is 0.496 e. The van der Waals surface area contributed by atoms with Gasteiger partial charge in [-0.1, -0.05) is 48.8 Å². The maximum atomic E-state index is 13.9. The number of hydrogen-bond donors (Lipinski definition) is 1. The van der Waals surface area contributed by atoms with Crippen LogP contribution in [0.5, 0.6) is 17.2 Å². The summed E-state index contributed by atoms with van der Waals surface area (Å²) in [6.07, 6.45) is 1.86. The number of para-hydroxylation sites is 1. The van der Waals surface area contributed by atoms with Gasteiger partial charge in [0.2, 0.25) is 0 Å². The number of rotatable bonds is 11. The molecule has 0 radical (unpaired) electrons. The Morgan fingerprint density at radius 1 is 1.06 bits per heavy atom. The third-order valence-electron chi connectivity index (χ3n) is 10.1. The number of hydrogen-bond acceptors (Lipinski definition) is 10. The predicted molar refractivity (Wildman–Crippen MR) is 177 cm³/mol. The number of nitroso groups, excluding NO2 is 1. The van der Waals surface area contributed by atoms with Crippen LogP contribution in [0.25, 0.3) is 0 Å². The summed E-state index contributed by atoms with van der Waals surface area (Å²) in [7, 11) is 3.47. The molecule has 1 unspecified atom stereocenters. The molecule has 2 aromatic carbocycles. The molecule has 2 aromatic rings. The number of ether oxygens (including phenoxy) is 4. The van der Waals surface area contributed by atoms with Gasteiger partial charge in [-0.3, -0.25) is 4.79 Å². The van der Waals surface area contributed by atoms with Crippen LogP contribution < -0.4 is 19.5 Å². The van der Waals surface area contributed by atoms with Crippen LogP contribution in [-0.4, -0.2) is 63.6 Å². The topological polar surface area (TPSA) is 131 Å². The molecule has 254 valence electrons. The van der Waals surface area contributed by atoms with E-state index in [0.717, 1.165) is 12.8 Å². The standard InChI is InChI=1S/C34H44BClN2O9/c1-32(2,3)45-31(40)21-12-10-11-18(28(21)43-8)15-25(35-46-24-17-19-16-23(33(19,4)5)34(24,6)47-35)37-30(39)27(38-41)20-13-14-22(42-7)29(44-9)26(20)36/h10-14,19,23-25,27H,15-17H2,1-9H3,(H,37,39)/t19-,23-,24+,25-,27?,34-/m0/s1. The van der Waals surface area contributed by atoms with Gasteiger partial charge in [0, 0.05) is 5.56 Å². The summed E-state index contributed by atoms with van der Waals surface area (Å²) in [6, 6.07) is 6.69. The molecule has 4 aliphatic rings. The van der Waals surface area contributed by atoms with Crippen LogP contribution in [0, 0.1) is 22.2 Å². The minimum absolute atomic E-state index is 0.0313. The summed E-state index contributed by atoms with van der Waals surface area (Å²) in [5.41, 5.74) is -0.184. The quantitative estimate of drug-likeness (QED) is 0.171. The van der Waals surface area contributed by atoms with Crippen molar-refractivity contribution in [1.82, 2.24) is 5.32 Å². The highest BCUT2D eigenvalue weighted by Gasteiger charge is 2.68. The highest BCUT2D eigenvalue weighted by molar-refractivity contribution is 6.48. The first-order chi connectivity index (χ1) is 22.1. The molecule has 1 N–H and O–H groups in total. The lowest BCUT2D eigenvalue weighted by Gasteiger charge is -2.64. The molecule has 3 saturated carbocycles. The van der Waals surface area contributed by atoms with Crippen LogP contribution in [0.2, 0.25) is 5.02 Å². The molecule has 1 saturated heterocycles. The lowest BCUT2D eigenvalue weighted by Crippen LogP contribution is -2.65. The number of methoxy groups -OCH3 is 3. The van der Waals surface area contributed by atoms with Crippen LogP contribution in [0.3, 0.4) is 0 Å². The van der Waals surface area contributed by atoms with Crippen molar-refractivity contribution < 1.29 is 37.8 Å². The Morgan fingerprint density at radius 3 is 2.36 bits per heavy atom. The molecule has 6 rings (SSSR count). The van der Waals surface area contributed by atoms with Crippen LogP contribution >= 0.6 is 11.6 Å². The van der Waals surface area contributed by atoms with E-state index in [4.69, 9.17) is 39.9 Å². The number of halogens is 1. The summed E-state index contributed by atoms with van der Waals surface area (Å²) < 4.78 is 35.4. The molecule has 4 fully saturated rings. The van der Waals surface area contributed by atoms with E-state index in [1.807, 2.05) is 0 Å². The fourth-order valence-corrected chi connectivity index (χ4v) is 7.96. The van der Waals surface area contributed by atoms with Crippen LogP contribution in [0.1, 0.15) is 81.9 Å². The summed E-state index contributed by atoms with van der Waals surface area (Å²) in [4.78, 5) is 39.3. The van der Waals surface area contributed by atoms with E-state index in [1.165, 1.54) is 27.4 Å². The zero-order valence-electron chi connectivity index (χ0n) is 28.5. The molecule has 47 heavy (non-hydrogen) atoms. The number of esters is 1. The lowest BCUT2D eigenvalue weighted by molar-refractivity contribution is -0.199. The van der Waals surface area contributed by atoms with Gasteiger partial charge in [-0.2, -0.15) is 0 Å². The van der Waals surface area contributed by atoms with Crippen LogP contribution in [-0.2, 0) is 25.3 Å². The Kier molecular flexibility index (Phi) is 9.62. The van der Waals surface area contributed by atoms with Gasteiger partial charge < -0.3 is 33.6 Å². The number of nitrogens with one attached hydrogen (secondary N) is 1. The Hall–Kier alpha value is -3.35. The lowest BCUT2D eigenvalue weighted by atomic mass is 9.43. The first-order valence-electron chi connectivity index (χ1n) is 15.8. The predicted octanol–water partition coefficient (Wildman–Crippen LogP) is 6.12. The van der Waals surface area contributed by atoms with E-state index in [-0.39, 0.29) is 45.8 Å². The van der Waals surface area contributed by atoms with Gasteiger partial charge in [0.15, 0.2) is 17.5 Å². The maximum absolute atomic E-state index is 13.9. The molecule has 1 aliphatic heterocycles. The fraction of sp³-hybridized carbons (Fsp3) is 0.588. The van der Waals surface area contributed by atoms with Crippen LogP contribution in [0.4, 0.5) is 0 Å². The summed E-state index contributed by atoms with van der Waals surface area (Å²) in [5, 5.41) is 6.17. The molecule has 3 aliphatic carbocycles.